The number of rotatable bonds is 5. The van der Waals surface area contributed by atoms with E-state index in [1.165, 1.54) is 44.2 Å². The summed E-state index contributed by atoms with van der Waals surface area (Å²) in [7, 11) is 2.04. The van der Waals surface area contributed by atoms with Crippen LogP contribution in [-0.4, -0.2) is 35.6 Å². The Balaban J connectivity index is 1.62. The topological polar surface area (TPSA) is 39.1 Å². The molecule has 1 saturated heterocycles. The molecule has 1 aliphatic heterocycles. The minimum absolute atomic E-state index is 0.329. The largest absolute Gasteiger partial charge is 0.376 e. The Morgan fingerprint density at radius 1 is 1.33 bits per heavy atom. The molecule has 4 heteroatoms. The fraction of sp³-hybridized carbons (Fsp3) is 0.824. The third-order valence-corrected chi connectivity index (χ3v) is 5.25. The fourth-order valence-corrected chi connectivity index (χ4v) is 3.87. The van der Waals surface area contributed by atoms with Crippen LogP contribution in [0.1, 0.15) is 57.2 Å². The van der Waals surface area contributed by atoms with Crippen LogP contribution in [0.25, 0.3) is 0 Å². The second-order valence-corrected chi connectivity index (χ2v) is 6.78. The van der Waals surface area contributed by atoms with Crippen LogP contribution in [0.3, 0.4) is 0 Å². The van der Waals surface area contributed by atoms with E-state index in [1.807, 2.05) is 7.05 Å². The third kappa shape index (κ3) is 3.49. The highest BCUT2D eigenvalue weighted by atomic mass is 16.5. The predicted octanol–water partition coefficient (Wildman–Crippen LogP) is 2.94. The zero-order chi connectivity index (χ0) is 14.7. The van der Waals surface area contributed by atoms with E-state index >= 15 is 0 Å². The highest BCUT2D eigenvalue weighted by Gasteiger charge is 2.31. The van der Waals surface area contributed by atoms with Gasteiger partial charge in [-0.3, -0.25) is 4.68 Å². The van der Waals surface area contributed by atoms with Gasteiger partial charge >= 0.3 is 0 Å². The minimum atomic E-state index is 0.329. The maximum absolute atomic E-state index is 5.92. The van der Waals surface area contributed by atoms with Gasteiger partial charge in [-0.1, -0.05) is 26.2 Å². The molecule has 3 rings (SSSR count). The van der Waals surface area contributed by atoms with Crippen molar-refractivity contribution >= 4 is 0 Å². The first kappa shape index (κ1) is 15.0. The van der Waals surface area contributed by atoms with Crippen LogP contribution in [-0.2, 0) is 11.2 Å². The quantitative estimate of drug-likeness (QED) is 0.906. The summed E-state index contributed by atoms with van der Waals surface area (Å²) in [6, 6.07) is 3.19. The number of aromatic nitrogens is 2. The van der Waals surface area contributed by atoms with Crippen molar-refractivity contribution in [2.45, 2.75) is 70.1 Å². The van der Waals surface area contributed by atoms with Crippen LogP contribution in [0.2, 0.25) is 0 Å². The van der Waals surface area contributed by atoms with Gasteiger partial charge in [-0.15, -0.1) is 0 Å². The molecule has 1 aromatic rings. The lowest BCUT2D eigenvalue weighted by Gasteiger charge is -2.25. The summed E-state index contributed by atoms with van der Waals surface area (Å²) in [6.45, 7) is 3.20. The van der Waals surface area contributed by atoms with Crippen molar-refractivity contribution in [2.75, 3.05) is 13.7 Å². The molecule has 4 nitrogen and oxygen atoms in total. The molecule has 0 spiro atoms. The lowest BCUT2D eigenvalue weighted by Crippen LogP contribution is -2.42. The Bertz CT molecular complexity index is 439. The Labute approximate surface area is 128 Å². The van der Waals surface area contributed by atoms with E-state index in [2.05, 4.69) is 29.2 Å². The Morgan fingerprint density at radius 2 is 2.14 bits per heavy atom. The maximum Gasteiger partial charge on any atom is 0.0758 e. The first-order valence-electron chi connectivity index (χ1n) is 8.61. The monoisotopic (exact) mass is 291 g/mol. The van der Waals surface area contributed by atoms with Crippen molar-refractivity contribution in [1.82, 2.24) is 15.1 Å². The summed E-state index contributed by atoms with van der Waals surface area (Å²) < 4.78 is 8.12. The van der Waals surface area contributed by atoms with Crippen LogP contribution < -0.4 is 5.32 Å². The fourth-order valence-electron chi connectivity index (χ4n) is 3.87. The number of nitrogens with one attached hydrogen (secondary N) is 1. The summed E-state index contributed by atoms with van der Waals surface area (Å²) in [5.41, 5.74) is 1.20. The first-order chi connectivity index (χ1) is 10.3. The van der Waals surface area contributed by atoms with Crippen molar-refractivity contribution in [3.05, 3.63) is 18.0 Å². The summed E-state index contributed by atoms with van der Waals surface area (Å²) in [4.78, 5) is 0. The van der Waals surface area contributed by atoms with Crippen LogP contribution in [0, 0.1) is 5.92 Å². The standard InChI is InChI=1S/C17H29N3O/c1-13-9-11-21-17(13)16(18-2)12-14-8-10-20(19-14)15-6-4-3-5-7-15/h8,10,13,15-18H,3-7,9,11-12H2,1-2H3. The average Bonchev–Trinajstić information content (AvgIpc) is 3.15. The molecule has 21 heavy (non-hydrogen) atoms. The molecule has 1 aliphatic carbocycles. The number of hydrogen-bond donors (Lipinski definition) is 1. The van der Waals surface area contributed by atoms with E-state index in [4.69, 9.17) is 9.84 Å². The molecular formula is C17H29N3O. The Kier molecular flexibility index (Phi) is 4.96. The van der Waals surface area contributed by atoms with Crippen LogP contribution in [0.15, 0.2) is 12.3 Å². The van der Waals surface area contributed by atoms with Gasteiger partial charge in [0.1, 0.15) is 0 Å². The van der Waals surface area contributed by atoms with E-state index < -0.39 is 0 Å². The molecule has 1 saturated carbocycles. The SMILES string of the molecule is CNC(Cc1ccn(C2CCCCC2)n1)C1OCCC1C. The maximum atomic E-state index is 5.92. The normalized spacial score (nSPS) is 28.9. The third-order valence-electron chi connectivity index (χ3n) is 5.25. The summed E-state index contributed by atoms with van der Waals surface area (Å²) >= 11 is 0. The van der Waals surface area contributed by atoms with E-state index in [0.717, 1.165) is 13.0 Å². The second kappa shape index (κ2) is 6.93. The van der Waals surface area contributed by atoms with Gasteiger partial charge in [0.05, 0.1) is 17.8 Å². The second-order valence-electron chi connectivity index (χ2n) is 6.78. The van der Waals surface area contributed by atoms with Crippen LogP contribution >= 0.6 is 0 Å². The van der Waals surface area contributed by atoms with Gasteiger partial charge < -0.3 is 10.1 Å². The molecule has 0 amide bonds. The number of hydrogen-bond acceptors (Lipinski definition) is 3. The van der Waals surface area contributed by atoms with Crippen molar-refractivity contribution in [2.24, 2.45) is 5.92 Å². The molecular weight excluding hydrogens is 262 g/mol. The van der Waals surface area contributed by atoms with Gasteiger partial charge in [0.15, 0.2) is 0 Å². The van der Waals surface area contributed by atoms with Crippen molar-refractivity contribution in [3.8, 4) is 0 Å². The first-order valence-corrected chi connectivity index (χ1v) is 8.61. The molecule has 3 atom stereocenters. The van der Waals surface area contributed by atoms with E-state index in [0.29, 0.717) is 24.1 Å². The van der Waals surface area contributed by atoms with Crippen molar-refractivity contribution in [1.29, 1.82) is 0 Å². The smallest absolute Gasteiger partial charge is 0.0758 e. The lowest BCUT2D eigenvalue weighted by molar-refractivity contribution is 0.0630. The molecule has 0 radical (unpaired) electrons. The minimum Gasteiger partial charge on any atom is -0.376 e. The van der Waals surface area contributed by atoms with Gasteiger partial charge in [0.2, 0.25) is 0 Å². The highest BCUT2D eigenvalue weighted by Crippen LogP contribution is 2.28. The van der Waals surface area contributed by atoms with Gasteiger partial charge in [-0.05, 0) is 38.3 Å². The molecule has 3 unspecified atom stereocenters. The summed E-state index contributed by atoms with van der Waals surface area (Å²) in [6.07, 6.45) is 11.3. The Morgan fingerprint density at radius 3 is 2.81 bits per heavy atom. The van der Waals surface area contributed by atoms with E-state index in [9.17, 15) is 0 Å². The molecule has 1 aromatic heterocycles. The molecule has 1 N–H and O–H groups in total. The molecule has 0 aromatic carbocycles. The van der Waals surface area contributed by atoms with Gasteiger partial charge in [-0.2, -0.15) is 5.10 Å². The number of likely N-dealkylation sites (N-methyl/N-ethyl adjacent to an activating group) is 1. The molecule has 2 aliphatic rings. The van der Waals surface area contributed by atoms with Gasteiger partial charge in [-0.25, -0.2) is 0 Å². The molecule has 0 bridgehead atoms. The van der Waals surface area contributed by atoms with Gasteiger partial charge in [0, 0.05) is 25.3 Å². The number of ether oxygens (including phenoxy) is 1. The zero-order valence-electron chi connectivity index (χ0n) is 13.4. The molecule has 118 valence electrons. The summed E-state index contributed by atoms with van der Waals surface area (Å²) in [5, 5.41) is 8.28. The lowest BCUT2D eigenvalue weighted by atomic mass is 9.95. The van der Waals surface area contributed by atoms with E-state index in [1.54, 1.807) is 0 Å². The molecule has 2 heterocycles. The average molecular weight is 291 g/mol. The number of nitrogens with zero attached hydrogens (tertiary/aromatic N) is 2. The Hall–Kier alpha value is -0.870. The van der Waals surface area contributed by atoms with Crippen LogP contribution in [0.5, 0.6) is 0 Å². The van der Waals surface area contributed by atoms with Crippen molar-refractivity contribution in [3.63, 3.8) is 0 Å². The predicted molar refractivity (Wildman–Crippen MR) is 84.4 cm³/mol. The van der Waals surface area contributed by atoms with Crippen molar-refractivity contribution < 1.29 is 4.74 Å². The van der Waals surface area contributed by atoms with E-state index in [-0.39, 0.29) is 0 Å². The highest BCUT2D eigenvalue weighted by molar-refractivity contribution is 5.04. The zero-order valence-corrected chi connectivity index (χ0v) is 13.4. The van der Waals surface area contributed by atoms with Gasteiger partial charge in [0.25, 0.3) is 0 Å². The summed E-state index contributed by atoms with van der Waals surface area (Å²) in [5.74, 6) is 0.642. The molecule has 2 fully saturated rings. The van der Waals surface area contributed by atoms with Crippen LogP contribution in [0.4, 0.5) is 0 Å².